The number of rotatable bonds is 13. The summed E-state index contributed by atoms with van der Waals surface area (Å²) in [5.74, 6) is -0.136. The maximum absolute atomic E-state index is 11.7. The predicted octanol–water partition coefficient (Wildman–Crippen LogP) is 5.10. The first-order valence-electron chi connectivity index (χ1n) is 9.21. The van der Waals surface area contributed by atoms with Crippen molar-refractivity contribution in [3.05, 3.63) is 47.5 Å². The fourth-order valence-corrected chi connectivity index (χ4v) is 2.53. The number of benzene rings is 1. The van der Waals surface area contributed by atoms with E-state index in [1.165, 1.54) is 24.8 Å². The molecule has 0 bridgehead atoms. The van der Waals surface area contributed by atoms with Crippen molar-refractivity contribution < 1.29 is 14.3 Å². The minimum absolute atomic E-state index is 0.136. The van der Waals surface area contributed by atoms with Gasteiger partial charge in [0.05, 0.1) is 26.2 Å². The van der Waals surface area contributed by atoms with Crippen LogP contribution in [0.5, 0.6) is 0 Å². The lowest BCUT2D eigenvalue weighted by molar-refractivity contribution is -0.142. The molecule has 3 heteroatoms. The first kappa shape index (κ1) is 20.4. The molecule has 1 aromatic carbocycles. The first-order valence-corrected chi connectivity index (χ1v) is 9.21. The van der Waals surface area contributed by atoms with Crippen LogP contribution in [0.3, 0.4) is 0 Å². The van der Waals surface area contributed by atoms with Crippen molar-refractivity contribution in [2.45, 2.75) is 58.8 Å². The van der Waals surface area contributed by atoms with E-state index >= 15 is 0 Å². The van der Waals surface area contributed by atoms with Crippen molar-refractivity contribution in [3.8, 4) is 0 Å². The molecule has 0 unspecified atom stereocenters. The molecule has 0 fully saturated rings. The van der Waals surface area contributed by atoms with Crippen molar-refractivity contribution in [1.29, 1.82) is 0 Å². The Morgan fingerprint density at radius 3 is 2.58 bits per heavy atom. The van der Waals surface area contributed by atoms with Gasteiger partial charge in [-0.15, -0.1) is 0 Å². The number of carbonyl (C=O) groups excluding carboxylic acids is 1. The average Bonchev–Trinajstić information content (AvgIpc) is 2.59. The monoisotopic (exact) mass is 332 g/mol. The van der Waals surface area contributed by atoms with Crippen molar-refractivity contribution in [2.75, 3.05) is 19.8 Å². The van der Waals surface area contributed by atoms with E-state index in [4.69, 9.17) is 9.47 Å². The van der Waals surface area contributed by atoms with Gasteiger partial charge in [-0.3, -0.25) is 4.79 Å². The fraction of sp³-hybridized carbons (Fsp3) is 0.571. The first-order chi connectivity index (χ1) is 11.8. The van der Waals surface area contributed by atoms with Gasteiger partial charge in [-0.05, 0) is 31.7 Å². The highest BCUT2D eigenvalue weighted by Crippen LogP contribution is 2.14. The number of ether oxygens (including phenoxy) is 2. The maximum atomic E-state index is 11.7. The van der Waals surface area contributed by atoms with Gasteiger partial charge in [0, 0.05) is 0 Å². The van der Waals surface area contributed by atoms with Gasteiger partial charge in [-0.25, -0.2) is 0 Å². The van der Waals surface area contributed by atoms with E-state index in [1.54, 1.807) is 0 Å². The molecule has 0 amide bonds. The zero-order valence-corrected chi connectivity index (χ0v) is 15.3. The topological polar surface area (TPSA) is 35.5 Å². The summed E-state index contributed by atoms with van der Waals surface area (Å²) in [6, 6.07) is 10.3. The molecule has 0 heterocycles. The molecular weight excluding hydrogens is 300 g/mol. The van der Waals surface area contributed by atoms with Gasteiger partial charge in [-0.2, -0.15) is 0 Å². The van der Waals surface area contributed by atoms with Crippen molar-refractivity contribution in [2.24, 2.45) is 0 Å². The number of hydrogen-bond acceptors (Lipinski definition) is 3. The lowest BCUT2D eigenvalue weighted by atomic mass is 10.0. The molecule has 0 aromatic heterocycles. The highest BCUT2D eigenvalue weighted by Gasteiger charge is 2.06. The SMILES string of the molecule is CCCCCC/C(=C/COCCc1ccccc1)CC(=O)OCC. The molecule has 0 aliphatic heterocycles. The van der Waals surface area contributed by atoms with Crippen LogP contribution in [0.15, 0.2) is 42.0 Å². The summed E-state index contributed by atoms with van der Waals surface area (Å²) in [7, 11) is 0. The van der Waals surface area contributed by atoms with Gasteiger partial charge in [0.15, 0.2) is 0 Å². The molecule has 0 saturated carbocycles. The molecule has 0 radical (unpaired) electrons. The molecule has 0 aliphatic carbocycles. The molecule has 134 valence electrons. The Morgan fingerprint density at radius 2 is 1.88 bits per heavy atom. The van der Waals surface area contributed by atoms with Crippen LogP contribution in [-0.4, -0.2) is 25.8 Å². The van der Waals surface area contributed by atoms with Crippen LogP contribution in [0.1, 0.15) is 57.9 Å². The van der Waals surface area contributed by atoms with E-state index in [2.05, 4.69) is 25.1 Å². The predicted molar refractivity (Wildman–Crippen MR) is 99.1 cm³/mol. The summed E-state index contributed by atoms with van der Waals surface area (Å²) >= 11 is 0. The summed E-state index contributed by atoms with van der Waals surface area (Å²) < 4.78 is 10.8. The zero-order chi connectivity index (χ0) is 17.5. The van der Waals surface area contributed by atoms with Gasteiger partial charge in [0.1, 0.15) is 0 Å². The summed E-state index contributed by atoms with van der Waals surface area (Å²) in [4.78, 5) is 11.7. The van der Waals surface area contributed by atoms with E-state index in [1.807, 2.05) is 25.1 Å². The lowest BCUT2D eigenvalue weighted by Gasteiger charge is -2.08. The Kier molecular flexibility index (Phi) is 11.7. The molecule has 3 nitrogen and oxygen atoms in total. The van der Waals surface area contributed by atoms with E-state index < -0.39 is 0 Å². The molecular formula is C21H32O3. The van der Waals surface area contributed by atoms with Crippen LogP contribution in [-0.2, 0) is 20.7 Å². The minimum atomic E-state index is -0.136. The molecule has 1 rings (SSSR count). The van der Waals surface area contributed by atoms with Crippen LogP contribution in [0.25, 0.3) is 0 Å². The highest BCUT2D eigenvalue weighted by atomic mass is 16.5. The second-order valence-electron chi connectivity index (χ2n) is 5.97. The van der Waals surface area contributed by atoms with E-state index in [0.29, 0.717) is 26.2 Å². The third kappa shape index (κ3) is 10.2. The Balaban J connectivity index is 2.33. The third-order valence-corrected chi connectivity index (χ3v) is 3.90. The fourth-order valence-electron chi connectivity index (χ4n) is 2.53. The van der Waals surface area contributed by atoms with Crippen molar-refractivity contribution in [3.63, 3.8) is 0 Å². The number of esters is 1. The Morgan fingerprint density at radius 1 is 1.08 bits per heavy atom. The maximum Gasteiger partial charge on any atom is 0.309 e. The second-order valence-corrected chi connectivity index (χ2v) is 5.97. The molecule has 0 N–H and O–H groups in total. The highest BCUT2D eigenvalue weighted by molar-refractivity contribution is 5.72. The molecule has 0 spiro atoms. The standard InChI is InChI=1S/C21H32O3/c1-3-5-6-8-13-20(18-21(22)24-4-2)15-17-23-16-14-19-11-9-7-10-12-19/h7,9-12,15H,3-6,8,13-14,16-18H2,1-2H3/b20-15-. The third-order valence-electron chi connectivity index (χ3n) is 3.90. The van der Waals surface area contributed by atoms with Crippen molar-refractivity contribution in [1.82, 2.24) is 0 Å². The minimum Gasteiger partial charge on any atom is -0.466 e. The van der Waals surface area contributed by atoms with Gasteiger partial charge in [-0.1, -0.05) is 68.2 Å². The number of hydrogen-bond donors (Lipinski definition) is 0. The quantitative estimate of drug-likeness (QED) is 0.286. The lowest BCUT2D eigenvalue weighted by Crippen LogP contribution is -2.06. The van der Waals surface area contributed by atoms with Gasteiger partial charge >= 0.3 is 5.97 Å². The summed E-state index contributed by atoms with van der Waals surface area (Å²) in [6.07, 6.45) is 9.14. The van der Waals surface area contributed by atoms with Gasteiger partial charge in [0.25, 0.3) is 0 Å². The van der Waals surface area contributed by atoms with E-state index in [9.17, 15) is 4.79 Å². The molecule has 1 aromatic rings. The number of unbranched alkanes of at least 4 members (excludes halogenated alkanes) is 3. The normalized spacial score (nSPS) is 11.5. The summed E-state index contributed by atoms with van der Waals surface area (Å²) in [5.41, 5.74) is 2.43. The van der Waals surface area contributed by atoms with Crippen LogP contribution in [0.2, 0.25) is 0 Å². The van der Waals surface area contributed by atoms with E-state index in [0.717, 1.165) is 24.8 Å². The summed E-state index contributed by atoms with van der Waals surface area (Å²) in [6.45, 7) is 5.75. The molecule has 0 aliphatic rings. The largest absolute Gasteiger partial charge is 0.466 e. The van der Waals surface area contributed by atoms with Crippen molar-refractivity contribution >= 4 is 5.97 Å². The van der Waals surface area contributed by atoms with Crippen LogP contribution in [0, 0.1) is 0 Å². The summed E-state index contributed by atoms with van der Waals surface area (Å²) in [5, 5.41) is 0. The Labute approximate surface area is 147 Å². The number of carbonyl (C=O) groups is 1. The molecule has 24 heavy (non-hydrogen) atoms. The Hall–Kier alpha value is -1.61. The van der Waals surface area contributed by atoms with Gasteiger partial charge in [0.2, 0.25) is 0 Å². The second kappa shape index (κ2) is 13.8. The zero-order valence-electron chi connectivity index (χ0n) is 15.3. The smallest absolute Gasteiger partial charge is 0.309 e. The van der Waals surface area contributed by atoms with Crippen LogP contribution >= 0.6 is 0 Å². The average molecular weight is 332 g/mol. The van der Waals surface area contributed by atoms with Crippen LogP contribution in [0.4, 0.5) is 0 Å². The van der Waals surface area contributed by atoms with Crippen LogP contribution < -0.4 is 0 Å². The molecule has 0 atom stereocenters. The van der Waals surface area contributed by atoms with Gasteiger partial charge < -0.3 is 9.47 Å². The van der Waals surface area contributed by atoms with E-state index in [-0.39, 0.29) is 5.97 Å². The Bertz CT molecular complexity index is 465. The molecule has 0 saturated heterocycles.